The summed E-state index contributed by atoms with van der Waals surface area (Å²) in [7, 11) is 0. The predicted molar refractivity (Wildman–Crippen MR) is 138 cm³/mol. The number of ether oxygens (including phenoxy) is 1. The number of hydrogen-bond donors (Lipinski definition) is 1. The number of hydrogen-bond acceptors (Lipinski definition) is 6. The highest BCUT2D eigenvalue weighted by molar-refractivity contribution is 7.07. The van der Waals surface area contributed by atoms with Gasteiger partial charge >= 0.3 is 0 Å². The number of aryl methyl sites for hydroxylation is 2. The van der Waals surface area contributed by atoms with Crippen molar-refractivity contribution in [2.45, 2.75) is 39.1 Å². The molecule has 0 fully saturated rings. The fraction of sp³-hybridized carbons (Fsp3) is 0.259. The van der Waals surface area contributed by atoms with Gasteiger partial charge in [-0.3, -0.25) is 18.8 Å². The van der Waals surface area contributed by atoms with Gasteiger partial charge in [-0.1, -0.05) is 47.7 Å². The van der Waals surface area contributed by atoms with Crippen LogP contribution in [0.25, 0.3) is 6.08 Å². The summed E-state index contributed by atoms with van der Waals surface area (Å²) in [4.78, 5) is 33.0. The van der Waals surface area contributed by atoms with Gasteiger partial charge in [0.05, 0.1) is 16.3 Å². The first kappa shape index (κ1) is 22.5. The second-order valence-electron chi connectivity index (χ2n) is 9.20. The minimum Gasteiger partial charge on any atom is -0.465 e. The molecule has 9 heteroatoms. The maximum Gasteiger partial charge on any atom is 0.270 e. The lowest BCUT2D eigenvalue weighted by molar-refractivity contribution is -0.131. The summed E-state index contributed by atoms with van der Waals surface area (Å²) in [5.41, 5.74) is 1.80. The zero-order valence-electron chi connectivity index (χ0n) is 20.1. The van der Waals surface area contributed by atoms with Crippen LogP contribution in [0.15, 0.2) is 70.6 Å². The quantitative estimate of drug-likeness (QED) is 0.468. The standard InChI is InChI=1S/C27H25N5O3S/c1-4-31-14-13-17(30-31)15-21-25(34)32-23-18-10-6-8-12-20(18)35-27(3,29-26(32)36-21)22(23)24(33)28-19-11-7-5-9-16(19)2/h5-15,22-23H,4H2,1-3H3,(H,28,33)/b21-15+/t22-,23+,27+/m1/s1. The van der Waals surface area contributed by atoms with Gasteiger partial charge in [-0.15, -0.1) is 0 Å². The van der Waals surface area contributed by atoms with E-state index in [1.807, 2.05) is 86.2 Å². The molecule has 2 aliphatic heterocycles. The molecule has 0 saturated carbocycles. The lowest BCUT2D eigenvalue weighted by atomic mass is 9.80. The van der Waals surface area contributed by atoms with Crippen LogP contribution < -0.4 is 24.9 Å². The van der Waals surface area contributed by atoms with Gasteiger partial charge in [0.2, 0.25) is 11.6 Å². The van der Waals surface area contributed by atoms with Crippen LogP contribution in [0.1, 0.15) is 36.7 Å². The first-order chi connectivity index (χ1) is 17.4. The third-order valence-corrected chi connectivity index (χ3v) is 7.81. The summed E-state index contributed by atoms with van der Waals surface area (Å²) < 4.78 is 10.3. The highest BCUT2D eigenvalue weighted by Crippen LogP contribution is 2.47. The van der Waals surface area contributed by atoms with Gasteiger partial charge in [-0.25, -0.2) is 4.99 Å². The molecule has 4 aromatic rings. The van der Waals surface area contributed by atoms with E-state index in [4.69, 9.17) is 9.73 Å². The molecular weight excluding hydrogens is 474 g/mol. The molecule has 1 N–H and O–H groups in total. The van der Waals surface area contributed by atoms with Crippen LogP contribution in [-0.2, 0) is 11.3 Å². The van der Waals surface area contributed by atoms with Crippen molar-refractivity contribution in [2.75, 3.05) is 5.32 Å². The van der Waals surface area contributed by atoms with Crippen LogP contribution in [0, 0.1) is 12.8 Å². The Morgan fingerprint density at radius 3 is 2.75 bits per heavy atom. The number of anilines is 1. The largest absolute Gasteiger partial charge is 0.465 e. The van der Waals surface area contributed by atoms with E-state index in [9.17, 15) is 9.59 Å². The van der Waals surface area contributed by atoms with Crippen LogP contribution in [0.3, 0.4) is 0 Å². The summed E-state index contributed by atoms with van der Waals surface area (Å²) in [6.45, 7) is 6.51. The predicted octanol–water partition coefficient (Wildman–Crippen LogP) is 2.85. The van der Waals surface area contributed by atoms with Gasteiger partial charge in [-0.05, 0) is 50.6 Å². The van der Waals surface area contributed by atoms with Gasteiger partial charge < -0.3 is 10.1 Å². The number of thiazole rings is 1. The molecular formula is C27H25N5O3S. The molecule has 0 radical (unpaired) electrons. The van der Waals surface area contributed by atoms with E-state index in [0.717, 1.165) is 23.4 Å². The van der Waals surface area contributed by atoms with Gasteiger partial charge in [-0.2, -0.15) is 5.10 Å². The molecule has 6 rings (SSSR count). The highest BCUT2D eigenvalue weighted by atomic mass is 32.1. The second kappa shape index (κ2) is 8.30. The minimum atomic E-state index is -1.18. The van der Waals surface area contributed by atoms with Crippen LogP contribution in [-0.4, -0.2) is 26.0 Å². The zero-order valence-corrected chi connectivity index (χ0v) is 21.0. The summed E-state index contributed by atoms with van der Waals surface area (Å²) in [5.74, 6) is -0.366. The van der Waals surface area contributed by atoms with Crippen molar-refractivity contribution in [2.24, 2.45) is 10.9 Å². The summed E-state index contributed by atoms with van der Waals surface area (Å²) in [6, 6.07) is 16.5. The third-order valence-electron chi connectivity index (χ3n) is 6.83. The van der Waals surface area contributed by atoms with Crippen LogP contribution in [0.4, 0.5) is 5.69 Å². The van der Waals surface area contributed by atoms with E-state index < -0.39 is 17.7 Å². The van der Waals surface area contributed by atoms with Gasteiger partial charge in [0, 0.05) is 24.0 Å². The van der Waals surface area contributed by atoms with Gasteiger partial charge in [0.1, 0.15) is 11.7 Å². The Labute approximate surface area is 211 Å². The molecule has 0 aliphatic carbocycles. The van der Waals surface area contributed by atoms with Crippen LogP contribution in [0.5, 0.6) is 5.75 Å². The van der Waals surface area contributed by atoms with Crippen LogP contribution in [0.2, 0.25) is 0 Å². The molecule has 182 valence electrons. The summed E-state index contributed by atoms with van der Waals surface area (Å²) >= 11 is 1.29. The molecule has 0 unspecified atom stereocenters. The van der Waals surface area contributed by atoms with Crippen molar-refractivity contribution >= 4 is 29.0 Å². The number of nitrogens with one attached hydrogen (secondary N) is 1. The number of carbonyl (C=O) groups is 1. The Balaban J connectivity index is 1.53. The smallest absolute Gasteiger partial charge is 0.270 e. The minimum absolute atomic E-state index is 0.192. The highest BCUT2D eigenvalue weighted by Gasteiger charge is 2.55. The molecule has 2 aromatic carbocycles. The van der Waals surface area contributed by atoms with E-state index in [-0.39, 0.29) is 11.5 Å². The maximum atomic E-state index is 13.8. The molecule has 1 amide bonds. The number of para-hydroxylation sites is 2. The number of benzene rings is 2. The molecule has 2 aliphatic rings. The number of rotatable bonds is 4. The first-order valence-corrected chi connectivity index (χ1v) is 12.7. The Kier molecular flexibility index (Phi) is 5.19. The average molecular weight is 500 g/mol. The molecule has 36 heavy (non-hydrogen) atoms. The van der Waals surface area contributed by atoms with Crippen molar-refractivity contribution in [3.8, 4) is 5.75 Å². The number of amides is 1. The third kappa shape index (κ3) is 3.50. The molecule has 2 aromatic heterocycles. The number of aromatic nitrogens is 3. The normalized spacial score (nSPS) is 22.2. The van der Waals surface area contributed by atoms with Crippen molar-refractivity contribution in [3.05, 3.63) is 97.3 Å². The summed E-state index contributed by atoms with van der Waals surface area (Å²) in [5, 5.41) is 7.55. The number of carbonyl (C=O) groups excluding carboxylic acids is 1. The second-order valence-corrected chi connectivity index (χ2v) is 10.2. The number of fused-ring (bicyclic) bond motifs is 6. The van der Waals surface area contributed by atoms with Crippen molar-refractivity contribution in [1.29, 1.82) is 0 Å². The van der Waals surface area contributed by atoms with E-state index in [0.29, 0.717) is 20.8 Å². The van der Waals surface area contributed by atoms with E-state index in [1.54, 1.807) is 10.6 Å². The Bertz CT molecular complexity index is 1680. The zero-order chi connectivity index (χ0) is 25.0. The topological polar surface area (TPSA) is 90.5 Å². The number of nitrogens with zero attached hydrogens (tertiary/aromatic N) is 4. The molecule has 4 heterocycles. The van der Waals surface area contributed by atoms with Crippen molar-refractivity contribution < 1.29 is 9.53 Å². The van der Waals surface area contributed by atoms with Gasteiger partial charge in [0.25, 0.3) is 5.56 Å². The lowest BCUT2D eigenvalue weighted by Crippen LogP contribution is -2.59. The van der Waals surface area contributed by atoms with Crippen molar-refractivity contribution in [3.63, 3.8) is 0 Å². The lowest BCUT2D eigenvalue weighted by Gasteiger charge is -2.45. The molecule has 2 bridgehead atoms. The first-order valence-electron chi connectivity index (χ1n) is 11.9. The van der Waals surface area contributed by atoms with E-state index in [1.165, 1.54) is 11.3 Å². The molecule has 0 spiro atoms. The summed E-state index contributed by atoms with van der Waals surface area (Å²) in [6.07, 6.45) is 3.66. The fourth-order valence-corrected chi connectivity index (χ4v) is 6.12. The monoisotopic (exact) mass is 499 g/mol. The molecule has 8 nitrogen and oxygen atoms in total. The van der Waals surface area contributed by atoms with Gasteiger partial charge in [0.15, 0.2) is 4.80 Å². The van der Waals surface area contributed by atoms with E-state index in [2.05, 4.69) is 10.4 Å². The molecule has 0 saturated heterocycles. The Morgan fingerprint density at radius 1 is 1.19 bits per heavy atom. The van der Waals surface area contributed by atoms with Crippen LogP contribution >= 0.6 is 11.3 Å². The Hall–Kier alpha value is -3.98. The van der Waals surface area contributed by atoms with E-state index >= 15 is 0 Å². The Morgan fingerprint density at radius 2 is 1.97 bits per heavy atom. The van der Waals surface area contributed by atoms with Crippen molar-refractivity contribution in [1.82, 2.24) is 14.3 Å². The average Bonchev–Trinajstić information content (AvgIpc) is 3.43. The fourth-order valence-electron chi connectivity index (χ4n) is 5.03. The SMILES string of the molecule is CCn1ccc(/C=c2/sc3n(c2=O)[C@H]2c4ccccc4O[C@](C)(N=3)[C@H]2C(=O)Nc2ccccc2C)n1. The molecule has 3 atom stereocenters. The maximum absolute atomic E-state index is 13.8.